The first-order chi connectivity index (χ1) is 8.30. The van der Waals surface area contributed by atoms with Crippen LogP contribution in [0.15, 0.2) is 28.9 Å². The number of rotatable bonds is 1. The first kappa shape index (κ1) is 13.0. The molecule has 0 saturated heterocycles. The lowest BCUT2D eigenvalue weighted by Gasteiger charge is -2.20. The molecule has 2 N–H and O–H groups in total. The Hall–Kier alpha value is -1.42. The fraction of sp³-hybridized carbons (Fsp3) is 0.286. The number of primary amides is 1. The highest BCUT2D eigenvalue weighted by Crippen LogP contribution is 2.30. The molecule has 0 aliphatic rings. The van der Waals surface area contributed by atoms with E-state index in [1.807, 2.05) is 12.1 Å². The number of hydrogen-bond donors (Lipinski definition) is 1. The molecule has 2 aromatic rings. The Balaban J connectivity index is 2.81. The van der Waals surface area contributed by atoms with Gasteiger partial charge in [0.25, 0.3) is 5.91 Å². The Labute approximate surface area is 115 Å². The summed E-state index contributed by atoms with van der Waals surface area (Å²) >= 11 is 3.44. The maximum Gasteiger partial charge on any atom is 0.267 e. The summed E-state index contributed by atoms with van der Waals surface area (Å²) in [6, 6.07) is 6.05. The van der Waals surface area contributed by atoms with Gasteiger partial charge >= 0.3 is 0 Å². The fourth-order valence-electron chi connectivity index (χ4n) is 1.87. The van der Waals surface area contributed by atoms with Gasteiger partial charge in [-0.3, -0.25) is 4.79 Å². The van der Waals surface area contributed by atoms with Crippen molar-refractivity contribution < 1.29 is 4.79 Å². The van der Waals surface area contributed by atoms with E-state index in [1.54, 1.807) is 6.20 Å². The van der Waals surface area contributed by atoms with Gasteiger partial charge in [0.05, 0.1) is 0 Å². The van der Waals surface area contributed by atoms with Crippen LogP contribution in [-0.2, 0) is 5.41 Å². The molecule has 0 unspecified atom stereocenters. The number of amides is 1. The van der Waals surface area contributed by atoms with Crippen molar-refractivity contribution in [3.8, 4) is 0 Å². The molecule has 18 heavy (non-hydrogen) atoms. The van der Waals surface area contributed by atoms with Crippen LogP contribution in [0.2, 0.25) is 0 Å². The Kier molecular flexibility index (Phi) is 3.15. The zero-order valence-corrected chi connectivity index (χ0v) is 12.2. The van der Waals surface area contributed by atoms with Crippen molar-refractivity contribution in [3.05, 3.63) is 40.1 Å². The molecule has 4 heteroatoms. The quantitative estimate of drug-likeness (QED) is 0.878. The molecular formula is C14H15BrN2O. The molecule has 0 atom stereocenters. The predicted octanol–water partition coefficient (Wildman–Crippen LogP) is 3.39. The van der Waals surface area contributed by atoms with Crippen LogP contribution in [0, 0.1) is 0 Å². The van der Waals surface area contributed by atoms with Crippen LogP contribution >= 0.6 is 15.9 Å². The van der Waals surface area contributed by atoms with Gasteiger partial charge in [-0.05, 0) is 38.4 Å². The summed E-state index contributed by atoms with van der Waals surface area (Å²) in [5.41, 5.74) is 6.86. The topological polar surface area (TPSA) is 56.0 Å². The summed E-state index contributed by atoms with van der Waals surface area (Å²) < 4.78 is 0.864. The van der Waals surface area contributed by atoms with Crippen molar-refractivity contribution >= 4 is 32.6 Å². The monoisotopic (exact) mass is 306 g/mol. The lowest BCUT2D eigenvalue weighted by atomic mass is 9.86. The highest BCUT2D eigenvalue weighted by molar-refractivity contribution is 9.10. The second-order valence-corrected chi connectivity index (χ2v) is 6.18. The number of benzene rings is 1. The zero-order valence-electron chi connectivity index (χ0n) is 10.6. The van der Waals surface area contributed by atoms with Crippen LogP contribution in [0.25, 0.3) is 10.8 Å². The van der Waals surface area contributed by atoms with E-state index in [0.29, 0.717) is 5.69 Å². The molecule has 0 aliphatic heterocycles. The van der Waals surface area contributed by atoms with E-state index in [-0.39, 0.29) is 5.41 Å². The molecule has 94 valence electrons. The number of carbonyl (C=O) groups is 1. The third kappa shape index (κ3) is 2.25. The number of nitrogens with zero attached hydrogens (tertiary/aromatic N) is 1. The summed E-state index contributed by atoms with van der Waals surface area (Å²) in [5, 5.41) is 1.75. The number of fused-ring (bicyclic) bond motifs is 1. The minimum Gasteiger partial charge on any atom is -0.364 e. The second-order valence-electron chi connectivity index (χ2n) is 5.33. The Bertz CT molecular complexity index is 629. The van der Waals surface area contributed by atoms with Crippen molar-refractivity contribution in [2.75, 3.05) is 0 Å². The highest BCUT2D eigenvalue weighted by atomic mass is 79.9. The lowest BCUT2D eigenvalue weighted by molar-refractivity contribution is 0.0997. The zero-order chi connectivity index (χ0) is 13.5. The molecule has 0 radical (unpaired) electrons. The smallest absolute Gasteiger partial charge is 0.267 e. The van der Waals surface area contributed by atoms with Gasteiger partial charge < -0.3 is 5.73 Å². The third-order valence-electron chi connectivity index (χ3n) is 2.94. The molecule has 1 heterocycles. The van der Waals surface area contributed by atoms with Crippen LogP contribution in [0.5, 0.6) is 0 Å². The normalized spacial score (nSPS) is 11.8. The van der Waals surface area contributed by atoms with Crippen molar-refractivity contribution in [2.24, 2.45) is 5.73 Å². The van der Waals surface area contributed by atoms with E-state index >= 15 is 0 Å². The van der Waals surface area contributed by atoms with Crippen LogP contribution in [0.3, 0.4) is 0 Å². The maximum atomic E-state index is 11.4. The molecule has 0 bridgehead atoms. The average molecular weight is 307 g/mol. The van der Waals surface area contributed by atoms with Crippen molar-refractivity contribution in [1.29, 1.82) is 0 Å². The van der Waals surface area contributed by atoms with Gasteiger partial charge in [-0.1, -0.05) is 32.9 Å². The first-order valence-electron chi connectivity index (χ1n) is 5.69. The van der Waals surface area contributed by atoms with E-state index in [1.165, 1.54) is 0 Å². The van der Waals surface area contributed by atoms with Gasteiger partial charge in [-0.15, -0.1) is 0 Å². The predicted molar refractivity (Wildman–Crippen MR) is 76.7 cm³/mol. The summed E-state index contributed by atoms with van der Waals surface area (Å²) in [6.07, 6.45) is 1.61. The Morgan fingerprint density at radius 1 is 1.28 bits per heavy atom. The van der Waals surface area contributed by atoms with Gasteiger partial charge in [-0.2, -0.15) is 0 Å². The molecule has 0 saturated carbocycles. The van der Waals surface area contributed by atoms with Gasteiger partial charge in [0.2, 0.25) is 0 Å². The van der Waals surface area contributed by atoms with Crippen LogP contribution in [0.4, 0.5) is 0 Å². The standard InChI is InChI=1S/C14H15BrN2O/c1-14(2,3)8-4-5-9-10(6-8)12(13(16)18)17-7-11(9)15/h4-7H,1-3H3,(H2,16,18). The first-order valence-corrected chi connectivity index (χ1v) is 6.48. The minimum atomic E-state index is -0.501. The van der Waals surface area contributed by atoms with Gasteiger partial charge in [0, 0.05) is 16.1 Å². The van der Waals surface area contributed by atoms with Crippen molar-refractivity contribution in [2.45, 2.75) is 26.2 Å². The molecule has 3 nitrogen and oxygen atoms in total. The number of pyridine rings is 1. The van der Waals surface area contributed by atoms with E-state index in [2.05, 4.69) is 47.8 Å². The van der Waals surface area contributed by atoms with Crippen molar-refractivity contribution in [3.63, 3.8) is 0 Å². The number of aromatic nitrogens is 1. The second kappa shape index (κ2) is 4.35. The minimum absolute atomic E-state index is 0.0193. The largest absolute Gasteiger partial charge is 0.364 e. The molecule has 1 aromatic carbocycles. The third-order valence-corrected chi connectivity index (χ3v) is 3.57. The molecular weight excluding hydrogens is 292 g/mol. The molecule has 0 spiro atoms. The van der Waals surface area contributed by atoms with Crippen molar-refractivity contribution in [1.82, 2.24) is 4.98 Å². The molecule has 0 aliphatic carbocycles. The Morgan fingerprint density at radius 3 is 2.50 bits per heavy atom. The van der Waals surface area contributed by atoms with E-state index in [0.717, 1.165) is 20.8 Å². The average Bonchev–Trinajstić information content (AvgIpc) is 2.27. The molecule has 0 fully saturated rings. The lowest BCUT2D eigenvalue weighted by Crippen LogP contribution is -2.15. The van der Waals surface area contributed by atoms with E-state index < -0.39 is 5.91 Å². The fourth-order valence-corrected chi connectivity index (χ4v) is 2.32. The van der Waals surface area contributed by atoms with Gasteiger partial charge in [0.1, 0.15) is 5.69 Å². The maximum absolute atomic E-state index is 11.4. The number of halogens is 1. The van der Waals surface area contributed by atoms with E-state index in [4.69, 9.17) is 5.73 Å². The number of nitrogens with two attached hydrogens (primary N) is 1. The number of hydrogen-bond acceptors (Lipinski definition) is 2. The van der Waals surface area contributed by atoms with Crippen LogP contribution in [-0.4, -0.2) is 10.9 Å². The summed E-state index contributed by atoms with van der Waals surface area (Å²) in [6.45, 7) is 6.39. The summed E-state index contributed by atoms with van der Waals surface area (Å²) in [7, 11) is 0. The molecule has 2 rings (SSSR count). The van der Waals surface area contributed by atoms with E-state index in [9.17, 15) is 4.79 Å². The summed E-state index contributed by atoms with van der Waals surface area (Å²) in [5.74, 6) is -0.501. The van der Waals surface area contributed by atoms with Gasteiger partial charge in [0.15, 0.2) is 0 Å². The SMILES string of the molecule is CC(C)(C)c1ccc2c(Br)cnc(C(N)=O)c2c1. The number of carbonyl (C=O) groups excluding carboxylic acids is 1. The Morgan fingerprint density at radius 2 is 1.94 bits per heavy atom. The molecule has 1 aromatic heterocycles. The highest BCUT2D eigenvalue weighted by Gasteiger charge is 2.17. The van der Waals surface area contributed by atoms with Crippen LogP contribution in [0.1, 0.15) is 36.8 Å². The van der Waals surface area contributed by atoms with Crippen LogP contribution < -0.4 is 5.73 Å². The summed E-state index contributed by atoms with van der Waals surface area (Å²) in [4.78, 5) is 15.5. The van der Waals surface area contributed by atoms with Gasteiger partial charge in [-0.25, -0.2) is 4.98 Å². The molecule has 1 amide bonds.